The molecule has 3 aromatic carbocycles. The molecule has 32 heavy (non-hydrogen) atoms. The number of halogens is 1. The highest BCUT2D eigenvalue weighted by Gasteiger charge is 2.31. The largest absolute Gasteiger partial charge is 0.325 e. The molecule has 0 saturated heterocycles. The summed E-state index contributed by atoms with van der Waals surface area (Å²) in [5.41, 5.74) is 3.57. The fourth-order valence-electron chi connectivity index (χ4n) is 3.75. The van der Waals surface area contributed by atoms with Gasteiger partial charge < -0.3 is 5.32 Å². The van der Waals surface area contributed by atoms with Gasteiger partial charge in [-0.3, -0.25) is 9.69 Å². The van der Waals surface area contributed by atoms with Crippen LogP contribution in [0.25, 0.3) is 5.70 Å². The molecule has 1 atom stereocenters. The first-order valence-electron chi connectivity index (χ1n) is 10.1. The van der Waals surface area contributed by atoms with Crippen LogP contribution in [0.3, 0.4) is 0 Å². The normalized spacial score (nSPS) is 15.1. The maximum absolute atomic E-state index is 12.9. The summed E-state index contributed by atoms with van der Waals surface area (Å²) in [6.45, 7) is 0.0469. The summed E-state index contributed by atoms with van der Waals surface area (Å²) in [5, 5.41) is 15.9. The summed E-state index contributed by atoms with van der Waals surface area (Å²) in [5.74, 6) is 0.313. The van der Waals surface area contributed by atoms with E-state index in [1.165, 1.54) is 0 Å². The maximum Gasteiger partial charge on any atom is 0.251 e. The van der Waals surface area contributed by atoms with Gasteiger partial charge in [-0.25, -0.2) is 0 Å². The number of fused-ring (bicyclic) bond motifs is 1. The highest BCUT2D eigenvalue weighted by atomic mass is 35.5. The quantitative estimate of drug-likeness (QED) is 0.495. The molecule has 4 aromatic rings. The Balaban J connectivity index is 1.52. The molecule has 0 spiro atoms. The number of carbonyl (C=O) groups is 1. The van der Waals surface area contributed by atoms with Crippen molar-refractivity contribution in [2.24, 2.45) is 0 Å². The third kappa shape index (κ3) is 3.98. The molecule has 0 unspecified atom stereocenters. The van der Waals surface area contributed by atoms with Crippen LogP contribution in [0, 0.1) is 0 Å². The minimum atomic E-state index is -0.193. The Morgan fingerprint density at radius 1 is 0.938 bits per heavy atom. The first kappa shape index (κ1) is 20.0. The Morgan fingerprint density at radius 3 is 2.34 bits per heavy atom. The molecule has 2 heterocycles. The minimum Gasteiger partial charge on any atom is -0.325 e. The zero-order valence-corrected chi connectivity index (χ0v) is 17.7. The molecule has 1 aliphatic rings. The Bertz CT molecular complexity index is 1250. The lowest BCUT2D eigenvalue weighted by Crippen LogP contribution is -2.37. The highest BCUT2D eigenvalue weighted by molar-refractivity contribution is 6.30. The number of rotatable bonds is 5. The molecule has 0 saturated carbocycles. The summed E-state index contributed by atoms with van der Waals surface area (Å²) in [6, 6.07) is 26.8. The lowest BCUT2D eigenvalue weighted by molar-refractivity contribution is -0.114. The van der Waals surface area contributed by atoms with Crippen LogP contribution < -0.4 is 10.2 Å². The van der Waals surface area contributed by atoms with Crippen molar-refractivity contribution in [2.45, 2.75) is 6.04 Å². The van der Waals surface area contributed by atoms with Crippen LogP contribution in [0.5, 0.6) is 0 Å². The van der Waals surface area contributed by atoms with E-state index in [1.54, 1.807) is 28.9 Å². The SMILES string of the molecule is O=C(CN1C(c2ccccc2)=C[C@H](c2ccccc2)n2nnnc21)Nc1ccc(Cl)cc1. The van der Waals surface area contributed by atoms with Gasteiger partial charge in [-0.15, -0.1) is 0 Å². The van der Waals surface area contributed by atoms with Crippen molar-refractivity contribution >= 4 is 34.8 Å². The second-order valence-corrected chi connectivity index (χ2v) is 7.77. The number of anilines is 2. The molecule has 0 bridgehead atoms. The lowest BCUT2D eigenvalue weighted by atomic mass is 10.0. The van der Waals surface area contributed by atoms with Crippen molar-refractivity contribution in [1.82, 2.24) is 20.2 Å². The molecule has 5 rings (SSSR count). The van der Waals surface area contributed by atoms with Crippen molar-refractivity contribution in [3.63, 3.8) is 0 Å². The Hall–Kier alpha value is -3.97. The summed E-state index contributed by atoms with van der Waals surface area (Å²) in [4.78, 5) is 14.8. The van der Waals surface area contributed by atoms with E-state index in [4.69, 9.17) is 11.6 Å². The van der Waals surface area contributed by atoms with E-state index in [0.717, 1.165) is 16.8 Å². The Morgan fingerprint density at radius 2 is 1.62 bits per heavy atom. The van der Waals surface area contributed by atoms with Crippen molar-refractivity contribution in [3.8, 4) is 0 Å². The molecule has 1 aromatic heterocycles. The number of hydrogen-bond donors (Lipinski definition) is 1. The van der Waals surface area contributed by atoms with Crippen LogP contribution in [0.1, 0.15) is 17.2 Å². The predicted octanol–water partition coefficient (Wildman–Crippen LogP) is 4.42. The number of tetrazole rings is 1. The van der Waals surface area contributed by atoms with Crippen LogP contribution >= 0.6 is 11.6 Å². The summed E-state index contributed by atoms with van der Waals surface area (Å²) >= 11 is 5.95. The smallest absolute Gasteiger partial charge is 0.251 e. The monoisotopic (exact) mass is 442 g/mol. The van der Waals surface area contributed by atoms with E-state index in [2.05, 4.69) is 26.9 Å². The molecule has 0 radical (unpaired) electrons. The zero-order valence-electron chi connectivity index (χ0n) is 17.0. The van der Waals surface area contributed by atoms with Crippen LogP contribution in [-0.4, -0.2) is 32.7 Å². The maximum atomic E-state index is 12.9. The van der Waals surface area contributed by atoms with Gasteiger partial charge in [-0.1, -0.05) is 77.4 Å². The van der Waals surface area contributed by atoms with Gasteiger partial charge >= 0.3 is 0 Å². The van der Waals surface area contributed by atoms with Crippen molar-refractivity contribution in [2.75, 3.05) is 16.8 Å². The standard InChI is InChI=1S/C24H19ClN6O/c25-19-11-13-20(14-12-19)26-23(32)16-30-21(17-7-3-1-4-8-17)15-22(18-9-5-2-6-10-18)31-24(30)27-28-29-31/h1-15,22H,16H2,(H,26,32)/t22-/m1/s1. The van der Waals surface area contributed by atoms with E-state index in [9.17, 15) is 4.79 Å². The van der Waals surface area contributed by atoms with Crippen molar-refractivity contribution < 1.29 is 4.79 Å². The average Bonchev–Trinajstić information content (AvgIpc) is 3.32. The van der Waals surface area contributed by atoms with E-state index in [0.29, 0.717) is 16.7 Å². The van der Waals surface area contributed by atoms with Crippen LogP contribution in [0.4, 0.5) is 11.6 Å². The number of amides is 1. The van der Waals surface area contributed by atoms with Gasteiger partial charge in [-0.2, -0.15) is 4.68 Å². The molecular weight excluding hydrogens is 424 g/mol. The molecule has 1 amide bonds. The van der Waals surface area contributed by atoms with E-state index in [-0.39, 0.29) is 18.5 Å². The number of nitrogens with one attached hydrogen (secondary N) is 1. The van der Waals surface area contributed by atoms with Gasteiger partial charge in [0.2, 0.25) is 5.91 Å². The third-order valence-corrected chi connectivity index (χ3v) is 5.48. The van der Waals surface area contributed by atoms with Crippen LogP contribution in [-0.2, 0) is 4.79 Å². The predicted molar refractivity (Wildman–Crippen MR) is 124 cm³/mol. The fraction of sp³-hybridized carbons (Fsp3) is 0.0833. The Labute approximate surface area is 189 Å². The topological polar surface area (TPSA) is 75.9 Å². The van der Waals surface area contributed by atoms with E-state index >= 15 is 0 Å². The minimum absolute atomic E-state index is 0.0469. The molecule has 1 N–H and O–H groups in total. The van der Waals surface area contributed by atoms with Gasteiger partial charge in [-0.05, 0) is 51.9 Å². The summed E-state index contributed by atoms with van der Waals surface area (Å²) in [6.07, 6.45) is 2.09. The molecule has 1 aliphatic heterocycles. The molecule has 158 valence electrons. The van der Waals surface area contributed by atoms with Gasteiger partial charge in [0.05, 0.1) is 5.70 Å². The van der Waals surface area contributed by atoms with Gasteiger partial charge in [0.15, 0.2) is 0 Å². The lowest BCUT2D eigenvalue weighted by Gasteiger charge is -2.32. The zero-order chi connectivity index (χ0) is 21.9. The Kier molecular flexibility index (Phi) is 5.39. The second-order valence-electron chi connectivity index (χ2n) is 7.34. The summed E-state index contributed by atoms with van der Waals surface area (Å²) in [7, 11) is 0. The number of nitrogens with zero attached hydrogens (tertiary/aromatic N) is 5. The van der Waals surface area contributed by atoms with E-state index in [1.807, 2.05) is 65.6 Å². The average molecular weight is 443 g/mol. The van der Waals surface area contributed by atoms with Crippen LogP contribution in [0.15, 0.2) is 91.0 Å². The molecule has 8 heteroatoms. The van der Waals surface area contributed by atoms with Crippen molar-refractivity contribution in [3.05, 3.63) is 107 Å². The van der Waals surface area contributed by atoms with E-state index < -0.39 is 0 Å². The van der Waals surface area contributed by atoms with Crippen LogP contribution in [0.2, 0.25) is 5.02 Å². The number of hydrogen-bond acceptors (Lipinski definition) is 5. The number of carbonyl (C=O) groups excluding carboxylic acids is 1. The second kappa shape index (κ2) is 8.64. The van der Waals surface area contributed by atoms with Gasteiger partial charge in [0, 0.05) is 10.7 Å². The highest BCUT2D eigenvalue weighted by Crippen LogP contribution is 2.36. The first-order chi connectivity index (χ1) is 15.7. The number of benzene rings is 3. The number of allylic oxidation sites excluding steroid dienone is 1. The molecule has 0 aliphatic carbocycles. The molecule has 0 fully saturated rings. The molecular formula is C24H19ClN6O. The van der Waals surface area contributed by atoms with Gasteiger partial charge in [0.1, 0.15) is 12.6 Å². The third-order valence-electron chi connectivity index (χ3n) is 5.23. The molecule has 7 nitrogen and oxygen atoms in total. The summed E-state index contributed by atoms with van der Waals surface area (Å²) < 4.78 is 1.73. The fourth-order valence-corrected chi connectivity index (χ4v) is 3.87. The first-order valence-corrected chi connectivity index (χ1v) is 10.5. The number of aromatic nitrogens is 4. The van der Waals surface area contributed by atoms with Crippen molar-refractivity contribution in [1.29, 1.82) is 0 Å². The van der Waals surface area contributed by atoms with Gasteiger partial charge in [0.25, 0.3) is 5.95 Å².